The van der Waals surface area contributed by atoms with E-state index in [9.17, 15) is 8.42 Å². The van der Waals surface area contributed by atoms with E-state index in [1.54, 1.807) is 24.3 Å². The molecule has 0 unspecified atom stereocenters. The third kappa shape index (κ3) is 3.95. The van der Waals surface area contributed by atoms with Gasteiger partial charge in [-0.05, 0) is 29.3 Å². The van der Waals surface area contributed by atoms with Gasteiger partial charge in [0.25, 0.3) is 0 Å². The first-order chi connectivity index (χ1) is 9.92. The van der Waals surface area contributed by atoms with Gasteiger partial charge in [0, 0.05) is 6.54 Å². The van der Waals surface area contributed by atoms with Crippen molar-refractivity contribution in [3.8, 4) is 0 Å². The van der Waals surface area contributed by atoms with Crippen LogP contribution in [0.3, 0.4) is 0 Å². The second-order valence-corrected chi connectivity index (χ2v) is 6.66. The lowest BCUT2D eigenvalue weighted by atomic mass is 10.1. The molecule has 112 valence electrons. The zero-order chi connectivity index (χ0) is 15.5. The van der Waals surface area contributed by atoms with Crippen LogP contribution >= 0.6 is 11.6 Å². The van der Waals surface area contributed by atoms with Crippen molar-refractivity contribution in [1.82, 2.24) is 4.72 Å². The summed E-state index contributed by atoms with van der Waals surface area (Å²) in [5.41, 5.74) is 7.38. The molecule has 0 saturated carbocycles. The monoisotopic (exact) mass is 326 g/mol. The summed E-state index contributed by atoms with van der Waals surface area (Å²) in [6.45, 7) is 0.104. The summed E-state index contributed by atoms with van der Waals surface area (Å²) < 4.78 is 26.8. The van der Waals surface area contributed by atoms with Crippen molar-refractivity contribution in [2.75, 3.05) is 5.73 Å². The van der Waals surface area contributed by atoms with Crippen molar-refractivity contribution in [3.05, 3.63) is 58.6 Å². The highest BCUT2D eigenvalue weighted by molar-refractivity contribution is 7.89. The van der Waals surface area contributed by atoms with Crippen molar-refractivity contribution in [3.63, 3.8) is 0 Å². The molecule has 0 fully saturated rings. The van der Waals surface area contributed by atoms with Crippen LogP contribution in [0.4, 0.5) is 5.69 Å². The highest BCUT2D eigenvalue weighted by Gasteiger charge is 2.14. The molecule has 0 radical (unpaired) electrons. The van der Waals surface area contributed by atoms with E-state index in [1.807, 2.05) is 0 Å². The topological polar surface area (TPSA) is 92.4 Å². The molecule has 0 bridgehead atoms. The van der Waals surface area contributed by atoms with Gasteiger partial charge in [-0.15, -0.1) is 0 Å². The number of sulfonamides is 1. The van der Waals surface area contributed by atoms with E-state index in [2.05, 4.69) is 4.72 Å². The van der Waals surface area contributed by atoms with Gasteiger partial charge in [0.05, 0.1) is 22.2 Å². The number of hydrogen-bond acceptors (Lipinski definition) is 4. The van der Waals surface area contributed by atoms with Crippen LogP contribution in [0, 0.1) is 0 Å². The molecular formula is C14H15ClN2O3S. The summed E-state index contributed by atoms with van der Waals surface area (Å²) >= 11 is 5.77. The summed E-state index contributed by atoms with van der Waals surface area (Å²) in [5, 5.41) is 9.26. The Bertz CT molecular complexity index is 730. The molecule has 0 atom stereocenters. The molecule has 0 amide bonds. The Hall–Kier alpha value is -1.60. The summed E-state index contributed by atoms with van der Waals surface area (Å²) in [7, 11) is -3.65. The first kappa shape index (κ1) is 15.8. The minimum absolute atomic E-state index is 0.0456. The number of aliphatic hydroxyl groups excluding tert-OH is 1. The number of hydrogen-bond donors (Lipinski definition) is 3. The minimum atomic E-state index is -3.65. The normalized spacial score (nSPS) is 11.5. The molecule has 0 aromatic heterocycles. The Balaban J connectivity index is 2.11. The fraction of sp³-hybridized carbons (Fsp3) is 0.143. The standard InChI is InChI=1S/C14H15ClN2O3S/c15-13-6-5-12(7-14(13)16)21(19,20)17-8-10-1-3-11(9-18)4-2-10/h1-7,17-18H,8-9,16H2. The average Bonchev–Trinajstić information content (AvgIpc) is 2.48. The highest BCUT2D eigenvalue weighted by atomic mass is 35.5. The van der Waals surface area contributed by atoms with Crippen molar-refractivity contribution in [2.24, 2.45) is 0 Å². The van der Waals surface area contributed by atoms with E-state index in [0.717, 1.165) is 11.1 Å². The quantitative estimate of drug-likeness (QED) is 0.732. The van der Waals surface area contributed by atoms with Gasteiger partial charge in [0.2, 0.25) is 10.0 Å². The molecule has 7 heteroatoms. The van der Waals surface area contributed by atoms with Crippen LogP contribution in [0.2, 0.25) is 5.02 Å². The molecule has 5 nitrogen and oxygen atoms in total. The van der Waals surface area contributed by atoms with Crippen molar-refractivity contribution in [1.29, 1.82) is 0 Å². The third-order valence-corrected chi connectivity index (χ3v) is 4.69. The van der Waals surface area contributed by atoms with Gasteiger partial charge >= 0.3 is 0 Å². The summed E-state index contributed by atoms with van der Waals surface area (Å²) in [4.78, 5) is 0.0661. The van der Waals surface area contributed by atoms with Crippen molar-refractivity contribution in [2.45, 2.75) is 18.0 Å². The van der Waals surface area contributed by atoms with Crippen LogP contribution in [0.5, 0.6) is 0 Å². The predicted molar refractivity (Wildman–Crippen MR) is 82.3 cm³/mol. The van der Waals surface area contributed by atoms with E-state index in [4.69, 9.17) is 22.4 Å². The maximum Gasteiger partial charge on any atom is 0.240 e. The SMILES string of the molecule is Nc1cc(S(=O)(=O)NCc2ccc(CO)cc2)ccc1Cl. The predicted octanol–water partition coefficient (Wildman–Crippen LogP) is 1.89. The summed E-state index contributed by atoms with van der Waals surface area (Å²) in [6, 6.07) is 11.2. The number of nitrogens with one attached hydrogen (secondary N) is 1. The molecule has 0 aliphatic carbocycles. The molecule has 2 aromatic rings. The van der Waals surface area contributed by atoms with E-state index in [0.29, 0.717) is 5.02 Å². The van der Waals surface area contributed by atoms with Crippen molar-refractivity contribution < 1.29 is 13.5 Å². The van der Waals surface area contributed by atoms with Gasteiger partial charge in [-0.25, -0.2) is 13.1 Å². The Labute approximate surface area is 128 Å². The van der Waals surface area contributed by atoms with Crippen LogP contribution < -0.4 is 10.5 Å². The van der Waals surface area contributed by atoms with E-state index in [1.165, 1.54) is 18.2 Å². The first-order valence-electron chi connectivity index (χ1n) is 6.16. The van der Waals surface area contributed by atoms with Crippen LogP contribution in [-0.4, -0.2) is 13.5 Å². The largest absolute Gasteiger partial charge is 0.397 e. The number of aliphatic hydroxyl groups is 1. The van der Waals surface area contributed by atoms with Gasteiger partial charge in [-0.2, -0.15) is 0 Å². The molecule has 0 heterocycles. The molecular weight excluding hydrogens is 312 g/mol. The second-order valence-electron chi connectivity index (χ2n) is 4.48. The number of nitrogens with two attached hydrogens (primary N) is 1. The van der Waals surface area contributed by atoms with Gasteiger partial charge in [0.1, 0.15) is 0 Å². The molecule has 0 saturated heterocycles. The number of nitrogen functional groups attached to an aromatic ring is 1. The second kappa shape index (κ2) is 6.44. The van der Waals surface area contributed by atoms with E-state index in [-0.39, 0.29) is 23.7 Å². The lowest BCUT2D eigenvalue weighted by Crippen LogP contribution is -2.23. The minimum Gasteiger partial charge on any atom is -0.397 e. The highest BCUT2D eigenvalue weighted by Crippen LogP contribution is 2.22. The third-order valence-electron chi connectivity index (χ3n) is 2.95. The zero-order valence-electron chi connectivity index (χ0n) is 11.1. The average molecular weight is 327 g/mol. The molecule has 4 N–H and O–H groups in total. The maximum atomic E-state index is 12.1. The van der Waals surface area contributed by atoms with Crippen LogP contribution in [-0.2, 0) is 23.2 Å². The van der Waals surface area contributed by atoms with E-state index < -0.39 is 10.0 Å². The molecule has 2 aromatic carbocycles. The summed E-state index contributed by atoms with van der Waals surface area (Å²) in [6.07, 6.45) is 0. The summed E-state index contributed by atoms with van der Waals surface area (Å²) in [5.74, 6) is 0. The van der Waals surface area contributed by atoms with Crippen molar-refractivity contribution >= 4 is 27.3 Å². The molecule has 0 aliphatic heterocycles. The number of benzene rings is 2. The molecule has 2 rings (SSSR count). The number of halogens is 1. The first-order valence-corrected chi connectivity index (χ1v) is 8.02. The fourth-order valence-corrected chi connectivity index (χ4v) is 2.88. The Morgan fingerprint density at radius 3 is 2.29 bits per heavy atom. The van der Waals surface area contributed by atoms with Gasteiger partial charge in [-0.3, -0.25) is 0 Å². The van der Waals surface area contributed by atoms with Gasteiger partial charge in [-0.1, -0.05) is 35.9 Å². The Morgan fingerprint density at radius 1 is 1.10 bits per heavy atom. The molecule has 0 spiro atoms. The van der Waals surface area contributed by atoms with Crippen LogP contribution in [0.15, 0.2) is 47.4 Å². The number of rotatable bonds is 5. The molecule has 0 aliphatic rings. The maximum absolute atomic E-state index is 12.1. The van der Waals surface area contributed by atoms with Gasteiger partial charge < -0.3 is 10.8 Å². The Morgan fingerprint density at radius 2 is 1.71 bits per heavy atom. The number of anilines is 1. The smallest absolute Gasteiger partial charge is 0.240 e. The Kier molecular flexibility index (Phi) is 4.84. The zero-order valence-corrected chi connectivity index (χ0v) is 12.7. The lowest BCUT2D eigenvalue weighted by molar-refractivity contribution is 0.282. The van der Waals surface area contributed by atoms with E-state index >= 15 is 0 Å². The van der Waals surface area contributed by atoms with Crippen LogP contribution in [0.1, 0.15) is 11.1 Å². The van der Waals surface area contributed by atoms with Gasteiger partial charge in [0.15, 0.2) is 0 Å². The van der Waals surface area contributed by atoms with Crippen LogP contribution in [0.25, 0.3) is 0 Å². The molecule has 21 heavy (non-hydrogen) atoms. The fourth-order valence-electron chi connectivity index (χ4n) is 1.71. The lowest BCUT2D eigenvalue weighted by Gasteiger charge is -2.08.